The van der Waals surface area contributed by atoms with Crippen LogP contribution in [0.25, 0.3) is 0 Å². The lowest BCUT2D eigenvalue weighted by Crippen LogP contribution is -2.37. The molecule has 9 heavy (non-hydrogen) atoms. The summed E-state index contributed by atoms with van der Waals surface area (Å²) in [6.45, 7) is 4.13. The highest BCUT2D eigenvalue weighted by Crippen LogP contribution is 2.08. The highest BCUT2D eigenvalue weighted by molar-refractivity contribution is 14.1. The second-order valence-electron chi connectivity index (χ2n) is 1.99. The highest BCUT2D eigenvalue weighted by Gasteiger charge is 2.12. The third-order valence-corrected chi connectivity index (χ3v) is 2.13. The number of hydrazine groups is 2. The predicted molar refractivity (Wildman–Crippen MR) is 47.7 cm³/mol. The zero-order chi connectivity index (χ0) is 6.85. The molecule has 0 bridgehead atoms. The largest absolute Gasteiger partial charge is 0.329 e. The monoisotopic (exact) mass is 237 g/mol. The zero-order valence-electron chi connectivity index (χ0n) is 5.53. The molecule has 0 unspecified atom stereocenters. The summed E-state index contributed by atoms with van der Waals surface area (Å²) in [5, 5.41) is 0.966. The Morgan fingerprint density at radius 1 is 1.56 bits per heavy atom. The van der Waals surface area contributed by atoms with Crippen LogP contribution in [-0.4, -0.2) is 10.2 Å². The van der Waals surface area contributed by atoms with E-state index in [1.165, 1.54) is 11.4 Å². The van der Waals surface area contributed by atoms with Crippen LogP contribution in [-0.2, 0) is 0 Å². The van der Waals surface area contributed by atoms with Gasteiger partial charge in [0.25, 0.3) is 0 Å². The molecular formula is C4H9BIN3. The number of nitrogens with one attached hydrogen (secondary N) is 2. The molecule has 50 valence electrons. The van der Waals surface area contributed by atoms with Crippen molar-refractivity contribution in [1.29, 1.82) is 0 Å². The van der Waals surface area contributed by atoms with Gasteiger partial charge in [0.05, 0.1) is 0 Å². The minimum atomic E-state index is 0.966. The standard InChI is InChI=1S/C4H9BIN3/c1-3-4(2)9(5-6)8-7-3/h5,7-8H,1-2H3. The van der Waals surface area contributed by atoms with E-state index in [-0.39, 0.29) is 0 Å². The number of nitrogens with zero attached hydrogens (tertiary/aromatic N) is 1. The summed E-state index contributed by atoms with van der Waals surface area (Å²) in [5.74, 6) is 0. The normalized spacial score (nSPS) is 18.3. The van der Waals surface area contributed by atoms with Gasteiger partial charge in [0.2, 0.25) is 0 Å². The van der Waals surface area contributed by atoms with Crippen molar-refractivity contribution in [3.63, 3.8) is 0 Å². The van der Waals surface area contributed by atoms with Crippen molar-refractivity contribution in [3.05, 3.63) is 11.4 Å². The molecule has 1 rings (SSSR count). The summed E-state index contributed by atoms with van der Waals surface area (Å²) in [6, 6.07) is 0. The fourth-order valence-corrected chi connectivity index (χ4v) is 1.33. The molecule has 1 aliphatic heterocycles. The van der Waals surface area contributed by atoms with Crippen molar-refractivity contribution in [2.75, 3.05) is 0 Å². The minimum absolute atomic E-state index is 0.966. The zero-order valence-corrected chi connectivity index (χ0v) is 7.69. The van der Waals surface area contributed by atoms with Crippen LogP contribution in [0.5, 0.6) is 0 Å². The maximum Gasteiger partial charge on any atom is 0.328 e. The Kier molecular flexibility index (Phi) is 2.23. The summed E-state index contributed by atoms with van der Waals surface area (Å²) < 4.78 is 0. The van der Waals surface area contributed by atoms with Gasteiger partial charge >= 0.3 is 5.27 Å². The lowest BCUT2D eigenvalue weighted by molar-refractivity contribution is 0.409. The molecule has 0 fully saturated rings. The van der Waals surface area contributed by atoms with Crippen LogP contribution in [0.1, 0.15) is 13.8 Å². The van der Waals surface area contributed by atoms with E-state index in [0.29, 0.717) is 0 Å². The van der Waals surface area contributed by atoms with Gasteiger partial charge in [0.1, 0.15) is 0 Å². The smallest absolute Gasteiger partial charge is 0.328 e. The third kappa shape index (κ3) is 1.32. The molecule has 0 amide bonds. The molecule has 0 saturated carbocycles. The van der Waals surface area contributed by atoms with Crippen molar-refractivity contribution in [3.8, 4) is 0 Å². The lowest BCUT2D eigenvalue weighted by atomic mass is 10.3. The van der Waals surface area contributed by atoms with Crippen LogP contribution >= 0.6 is 22.4 Å². The first-order valence-electron chi connectivity index (χ1n) is 2.78. The second kappa shape index (κ2) is 2.79. The predicted octanol–water partition coefficient (Wildman–Crippen LogP) is 0.264. The summed E-state index contributed by atoms with van der Waals surface area (Å²) in [5.41, 5.74) is 8.50. The Balaban J connectivity index is 2.63. The fraction of sp³-hybridized carbons (Fsp3) is 0.500. The van der Waals surface area contributed by atoms with Crippen LogP contribution < -0.4 is 11.0 Å². The molecule has 0 radical (unpaired) electrons. The second-order valence-corrected chi connectivity index (χ2v) is 2.68. The highest BCUT2D eigenvalue weighted by atomic mass is 127. The molecule has 0 aromatic rings. The number of hydrogen-bond acceptors (Lipinski definition) is 3. The van der Waals surface area contributed by atoms with Crippen molar-refractivity contribution in [2.24, 2.45) is 0 Å². The van der Waals surface area contributed by atoms with Crippen LogP contribution in [0.15, 0.2) is 11.4 Å². The number of halogens is 1. The van der Waals surface area contributed by atoms with Crippen LogP contribution in [0.4, 0.5) is 0 Å². The lowest BCUT2D eigenvalue weighted by Gasteiger charge is -2.13. The first kappa shape index (κ1) is 7.20. The molecule has 0 saturated heterocycles. The topological polar surface area (TPSA) is 27.3 Å². The van der Waals surface area contributed by atoms with Gasteiger partial charge in [-0.05, 0) is 13.8 Å². The number of allylic oxidation sites excluding steroid dienone is 2. The molecule has 1 aliphatic rings. The van der Waals surface area contributed by atoms with Gasteiger partial charge in [-0.3, -0.25) is 0 Å². The molecule has 0 aromatic carbocycles. The molecule has 5 heteroatoms. The van der Waals surface area contributed by atoms with E-state index in [1.807, 2.05) is 0 Å². The van der Waals surface area contributed by atoms with Gasteiger partial charge in [0.15, 0.2) is 0 Å². The number of hydrogen-bond donors (Lipinski definition) is 2. The van der Waals surface area contributed by atoms with E-state index in [0.717, 1.165) is 5.27 Å². The van der Waals surface area contributed by atoms with Gasteiger partial charge < -0.3 is 10.3 Å². The summed E-state index contributed by atoms with van der Waals surface area (Å²) in [4.78, 5) is 2.05. The average molecular weight is 237 g/mol. The van der Waals surface area contributed by atoms with Gasteiger partial charge in [-0.15, -0.1) is 22.4 Å². The number of rotatable bonds is 1. The fourth-order valence-electron chi connectivity index (χ4n) is 0.648. The molecule has 0 aromatic heterocycles. The molecule has 2 N–H and O–H groups in total. The van der Waals surface area contributed by atoms with Crippen molar-refractivity contribution >= 4 is 27.6 Å². The van der Waals surface area contributed by atoms with E-state index >= 15 is 0 Å². The van der Waals surface area contributed by atoms with Gasteiger partial charge in [0, 0.05) is 11.4 Å². The van der Waals surface area contributed by atoms with E-state index in [2.05, 4.69) is 52.1 Å². The van der Waals surface area contributed by atoms with Crippen molar-refractivity contribution in [1.82, 2.24) is 15.9 Å². The molecule has 0 aliphatic carbocycles. The van der Waals surface area contributed by atoms with E-state index in [9.17, 15) is 0 Å². The Morgan fingerprint density at radius 2 is 2.22 bits per heavy atom. The van der Waals surface area contributed by atoms with Gasteiger partial charge in [-0.1, -0.05) is 0 Å². The molecule has 0 atom stereocenters. The Labute approximate surface area is 68.9 Å². The van der Waals surface area contributed by atoms with Crippen molar-refractivity contribution < 1.29 is 0 Å². The SMILES string of the molecule is CC1=C(C)N(BI)NN1. The summed E-state index contributed by atoms with van der Waals surface area (Å²) in [6.07, 6.45) is 0. The third-order valence-electron chi connectivity index (χ3n) is 1.45. The Hall–Kier alpha value is 0.0949. The van der Waals surface area contributed by atoms with E-state index in [4.69, 9.17) is 0 Å². The van der Waals surface area contributed by atoms with Gasteiger partial charge in [-0.2, -0.15) is 5.53 Å². The maximum absolute atomic E-state index is 3.02. The van der Waals surface area contributed by atoms with Gasteiger partial charge in [-0.25, -0.2) is 0 Å². The van der Waals surface area contributed by atoms with E-state index < -0.39 is 0 Å². The minimum Gasteiger partial charge on any atom is -0.329 e. The summed E-state index contributed by atoms with van der Waals surface area (Å²) >= 11 is 2.30. The van der Waals surface area contributed by atoms with Crippen LogP contribution in [0.3, 0.4) is 0 Å². The van der Waals surface area contributed by atoms with Crippen LogP contribution in [0, 0.1) is 0 Å². The van der Waals surface area contributed by atoms with E-state index in [1.54, 1.807) is 0 Å². The van der Waals surface area contributed by atoms with Crippen molar-refractivity contribution in [2.45, 2.75) is 13.8 Å². The maximum atomic E-state index is 3.02. The first-order valence-corrected chi connectivity index (χ1v) is 4.31. The first-order chi connectivity index (χ1) is 4.25. The molecule has 3 nitrogen and oxygen atoms in total. The quantitative estimate of drug-likeness (QED) is 0.506. The summed E-state index contributed by atoms with van der Waals surface area (Å²) in [7, 11) is 0. The Bertz CT molecular complexity index is 147. The average Bonchev–Trinajstić information content (AvgIpc) is 2.15. The van der Waals surface area contributed by atoms with Crippen LogP contribution in [0.2, 0.25) is 0 Å². The Morgan fingerprint density at radius 3 is 2.44 bits per heavy atom. The molecule has 1 heterocycles. The molecule has 0 spiro atoms. The molecular weight excluding hydrogens is 228 g/mol.